The molecule has 1 unspecified atom stereocenters. The van der Waals surface area contributed by atoms with Gasteiger partial charge in [0.25, 0.3) is 5.91 Å². The number of quaternary nitrogens is 2. The van der Waals surface area contributed by atoms with E-state index in [-0.39, 0.29) is 24.3 Å². The van der Waals surface area contributed by atoms with Crippen LogP contribution in [0.3, 0.4) is 0 Å². The summed E-state index contributed by atoms with van der Waals surface area (Å²) in [6.45, 7) is 5.90. The molecule has 0 radical (unpaired) electrons. The van der Waals surface area contributed by atoms with Crippen LogP contribution in [0.4, 0.5) is 5.69 Å². The van der Waals surface area contributed by atoms with E-state index in [4.69, 9.17) is 4.74 Å². The van der Waals surface area contributed by atoms with Crippen LogP contribution >= 0.6 is 0 Å². The average Bonchev–Trinajstić information content (AvgIpc) is 2.90. The molecule has 0 aromatic heterocycles. The van der Waals surface area contributed by atoms with Crippen LogP contribution in [0.2, 0.25) is 0 Å². The summed E-state index contributed by atoms with van der Waals surface area (Å²) >= 11 is 0. The zero-order chi connectivity index (χ0) is 18.0. The summed E-state index contributed by atoms with van der Waals surface area (Å²) in [5, 5.41) is 0. The molecule has 0 bridgehead atoms. The smallest absolute Gasteiger partial charge is 0.338 e. The Labute approximate surface area is 147 Å². The third kappa shape index (κ3) is 3.57. The van der Waals surface area contributed by atoms with Gasteiger partial charge in [0, 0.05) is 0 Å². The summed E-state index contributed by atoms with van der Waals surface area (Å²) in [5.74, 6) is -0.712. The molecule has 1 aromatic carbocycles. The number of nitrogens with zero attached hydrogens (tertiary/aromatic N) is 1. The van der Waals surface area contributed by atoms with Gasteiger partial charge in [0.1, 0.15) is 26.2 Å². The summed E-state index contributed by atoms with van der Waals surface area (Å²) < 4.78 is 4.95. The maximum absolute atomic E-state index is 12.8. The van der Waals surface area contributed by atoms with E-state index in [2.05, 4.69) is 7.05 Å². The van der Waals surface area contributed by atoms with E-state index in [0.29, 0.717) is 17.9 Å². The maximum Gasteiger partial charge on any atom is 0.338 e. The van der Waals surface area contributed by atoms with E-state index in [1.807, 2.05) is 0 Å². The normalized spacial score (nSPS) is 26.8. The molecule has 2 aliphatic rings. The molecule has 0 saturated carbocycles. The van der Waals surface area contributed by atoms with Crippen LogP contribution < -0.4 is 14.7 Å². The number of ether oxygens (including phenoxy) is 1. The van der Waals surface area contributed by atoms with Gasteiger partial charge >= 0.3 is 5.97 Å². The van der Waals surface area contributed by atoms with Gasteiger partial charge in [-0.05, 0) is 31.2 Å². The summed E-state index contributed by atoms with van der Waals surface area (Å²) in [5.41, 5.74) is 0.929. The third-order valence-corrected chi connectivity index (χ3v) is 5.02. The van der Waals surface area contributed by atoms with Crippen molar-refractivity contribution in [2.75, 3.05) is 44.7 Å². The Kier molecular flexibility index (Phi) is 5.15. The molecule has 2 heterocycles. The van der Waals surface area contributed by atoms with Crippen molar-refractivity contribution in [3.8, 4) is 0 Å². The predicted octanol–water partition coefficient (Wildman–Crippen LogP) is -2.09. The second-order valence-electron chi connectivity index (χ2n) is 6.71. The van der Waals surface area contributed by atoms with Crippen molar-refractivity contribution in [3.63, 3.8) is 0 Å². The molecule has 7 nitrogen and oxygen atoms in total. The second-order valence-corrected chi connectivity index (χ2v) is 6.71. The number of benzene rings is 1. The van der Waals surface area contributed by atoms with E-state index in [0.717, 1.165) is 26.2 Å². The Morgan fingerprint density at radius 2 is 1.80 bits per heavy atom. The SMILES string of the molecule is CCOC(=O)c1ccc(N2C(=O)CC([NH+]3CC[NH+](C)CC3)C2=O)cc1. The van der Waals surface area contributed by atoms with Crippen molar-refractivity contribution in [1.82, 2.24) is 0 Å². The Morgan fingerprint density at radius 1 is 1.16 bits per heavy atom. The number of rotatable bonds is 4. The average molecular weight is 347 g/mol. The molecule has 0 spiro atoms. The minimum Gasteiger partial charge on any atom is -0.462 e. The van der Waals surface area contributed by atoms with Gasteiger partial charge in [0.05, 0.1) is 31.3 Å². The standard InChI is InChI=1S/C18H23N3O4/c1-3-25-18(24)13-4-6-14(7-5-13)21-16(22)12-15(17(21)23)20-10-8-19(2)9-11-20/h4-7,15H,3,8-12H2,1-2H3/p+2. The van der Waals surface area contributed by atoms with Crippen molar-refractivity contribution < 1.29 is 28.9 Å². The zero-order valence-corrected chi connectivity index (χ0v) is 14.7. The molecule has 2 saturated heterocycles. The number of imide groups is 1. The Bertz CT molecular complexity index is 665. The zero-order valence-electron chi connectivity index (χ0n) is 14.7. The highest BCUT2D eigenvalue weighted by Crippen LogP contribution is 2.22. The van der Waals surface area contributed by atoms with Gasteiger partial charge in [-0.3, -0.25) is 9.59 Å². The van der Waals surface area contributed by atoms with Crippen LogP contribution in [-0.4, -0.2) is 63.7 Å². The number of esters is 1. The first-order chi connectivity index (χ1) is 12.0. The van der Waals surface area contributed by atoms with Gasteiger partial charge in [0.15, 0.2) is 6.04 Å². The summed E-state index contributed by atoms with van der Waals surface area (Å²) in [4.78, 5) is 40.9. The Balaban J connectivity index is 1.73. The molecule has 2 aliphatic heterocycles. The second kappa shape index (κ2) is 7.33. The summed E-state index contributed by atoms with van der Waals surface area (Å²) in [6, 6.07) is 6.16. The fourth-order valence-electron chi connectivity index (χ4n) is 3.53. The van der Waals surface area contributed by atoms with E-state index < -0.39 is 5.97 Å². The lowest BCUT2D eigenvalue weighted by Crippen LogP contribution is -3.29. The highest BCUT2D eigenvalue weighted by atomic mass is 16.5. The number of carbonyl (C=O) groups is 3. The summed E-state index contributed by atoms with van der Waals surface area (Å²) in [6.07, 6.45) is 0.257. The van der Waals surface area contributed by atoms with Gasteiger partial charge in [0.2, 0.25) is 5.91 Å². The molecule has 2 fully saturated rings. The summed E-state index contributed by atoms with van der Waals surface area (Å²) in [7, 11) is 2.15. The van der Waals surface area contributed by atoms with Crippen LogP contribution in [0.1, 0.15) is 23.7 Å². The Morgan fingerprint density at radius 3 is 2.40 bits per heavy atom. The first kappa shape index (κ1) is 17.6. The lowest BCUT2D eigenvalue weighted by atomic mass is 10.1. The molecule has 3 rings (SSSR count). The molecule has 134 valence electrons. The number of carbonyl (C=O) groups excluding carboxylic acids is 3. The van der Waals surface area contributed by atoms with E-state index in [1.54, 1.807) is 31.2 Å². The van der Waals surface area contributed by atoms with E-state index in [9.17, 15) is 14.4 Å². The van der Waals surface area contributed by atoms with Crippen molar-refractivity contribution in [2.45, 2.75) is 19.4 Å². The molecule has 1 aromatic rings. The fraction of sp³-hybridized carbons (Fsp3) is 0.500. The monoisotopic (exact) mass is 347 g/mol. The lowest BCUT2D eigenvalue weighted by Gasteiger charge is -2.30. The maximum atomic E-state index is 12.8. The molecule has 2 N–H and O–H groups in total. The van der Waals surface area contributed by atoms with Crippen molar-refractivity contribution >= 4 is 23.5 Å². The van der Waals surface area contributed by atoms with Gasteiger partial charge in [-0.25, -0.2) is 9.69 Å². The van der Waals surface area contributed by atoms with Crippen LogP contribution in [0.15, 0.2) is 24.3 Å². The number of piperazine rings is 1. The number of hydrogen-bond donors (Lipinski definition) is 2. The fourth-order valence-corrected chi connectivity index (χ4v) is 3.53. The van der Waals surface area contributed by atoms with Crippen molar-refractivity contribution in [3.05, 3.63) is 29.8 Å². The number of likely N-dealkylation sites (N-methyl/N-ethyl adjacent to an activating group) is 1. The number of nitrogens with one attached hydrogen (secondary N) is 2. The van der Waals surface area contributed by atoms with Crippen molar-refractivity contribution in [1.29, 1.82) is 0 Å². The number of hydrogen-bond acceptors (Lipinski definition) is 4. The largest absolute Gasteiger partial charge is 0.462 e. The van der Waals surface area contributed by atoms with Gasteiger partial charge in [-0.2, -0.15) is 0 Å². The topological polar surface area (TPSA) is 72.6 Å². The lowest BCUT2D eigenvalue weighted by molar-refractivity contribution is -1.01. The Hall–Kier alpha value is -2.25. The molecule has 25 heavy (non-hydrogen) atoms. The van der Waals surface area contributed by atoms with Crippen LogP contribution in [0.25, 0.3) is 0 Å². The molecule has 7 heteroatoms. The molecule has 2 amide bonds. The van der Waals surface area contributed by atoms with E-state index in [1.165, 1.54) is 14.7 Å². The molecular formula is C18H25N3O4+2. The predicted molar refractivity (Wildman–Crippen MR) is 90.6 cm³/mol. The number of anilines is 1. The highest BCUT2D eigenvalue weighted by Gasteiger charge is 2.46. The van der Waals surface area contributed by atoms with Gasteiger partial charge in [-0.1, -0.05) is 0 Å². The number of amides is 2. The van der Waals surface area contributed by atoms with Crippen LogP contribution in [0.5, 0.6) is 0 Å². The van der Waals surface area contributed by atoms with Gasteiger partial charge in [-0.15, -0.1) is 0 Å². The molecule has 1 atom stereocenters. The van der Waals surface area contributed by atoms with Gasteiger partial charge < -0.3 is 14.5 Å². The van der Waals surface area contributed by atoms with Crippen LogP contribution in [0, 0.1) is 0 Å². The third-order valence-electron chi connectivity index (χ3n) is 5.02. The van der Waals surface area contributed by atoms with E-state index >= 15 is 0 Å². The first-order valence-electron chi connectivity index (χ1n) is 8.81. The van der Waals surface area contributed by atoms with Crippen molar-refractivity contribution in [2.24, 2.45) is 0 Å². The quantitative estimate of drug-likeness (QED) is 0.484. The molecular weight excluding hydrogens is 322 g/mol. The first-order valence-corrected chi connectivity index (χ1v) is 8.81. The van der Waals surface area contributed by atoms with Crippen LogP contribution in [-0.2, 0) is 14.3 Å². The minimum atomic E-state index is -0.407. The minimum absolute atomic E-state index is 0.136. The highest BCUT2D eigenvalue weighted by molar-refractivity contribution is 6.21. The molecule has 0 aliphatic carbocycles.